The predicted molar refractivity (Wildman–Crippen MR) is 91.6 cm³/mol. The molecule has 1 aromatic carbocycles. The van der Waals surface area contributed by atoms with Crippen LogP contribution in [-0.4, -0.2) is 12.1 Å². The molecule has 5 heteroatoms. The van der Waals surface area contributed by atoms with E-state index in [9.17, 15) is 4.79 Å². The van der Waals surface area contributed by atoms with Gasteiger partial charge >= 0.3 is 0 Å². The molecule has 0 spiro atoms. The molecule has 0 atom stereocenters. The first-order valence-electron chi connectivity index (χ1n) is 7.23. The van der Waals surface area contributed by atoms with E-state index in [-0.39, 0.29) is 5.91 Å². The van der Waals surface area contributed by atoms with E-state index < -0.39 is 0 Å². The molecule has 2 aromatic rings. The van der Waals surface area contributed by atoms with Crippen molar-refractivity contribution in [3.05, 3.63) is 34.2 Å². The standard InChI is InChI=1S/C16H19ClN2OS/c1-2-3-4-5-8-11-18-19-16(20)15-14(17)12-9-6-7-10-13(12)21-15/h6-7,9-11H,2-5,8H2,1H3,(H,19,20)/b18-11+. The molecule has 2 rings (SSSR count). The summed E-state index contributed by atoms with van der Waals surface area (Å²) < 4.78 is 1.01. The molecular weight excluding hydrogens is 304 g/mol. The Morgan fingerprint density at radius 1 is 1.33 bits per heavy atom. The number of nitrogens with zero attached hydrogens (tertiary/aromatic N) is 1. The Morgan fingerprint density at radius 2 is 2.14 bits per heavy atom. The molecule has 112 valence electrons. The van der Waals surface area contributed by atoms with Crippen molar-refractivity contribution in [2.24, 2.45) is 5.10 Å². The monoisotopic (exact) mass is 322 g/mol. The first-order chi connectivity index (χ1) is 10.2. The SMILES string of the molecule is CCCCCC/C=N/NC(=O)c1sc2ccccc2c1Cl. The molecule has 0 radical (unpaired) electrons. The lowest BCUT2D eigenvalue weighted by Gasteiger charge is -1.97. The van der Waals surface area contributed by atoms with Crippen molar-refractivity contribution in [2.45, 2.75) is 39.0 Å². The second-order valence-corrected chi connectivity index (χ2v) is 6.27. The molecule has 1 aromatic heterocycles. The van der Waals surface area contributed by atoms with Crippen LogP contribution in [0.2, 0.25) is 5.02 Å². The molecule has 0 aliphatic heterocycles. The summed E-state index contributed by atoms with van der Waals surface area (Å²) in [6.07, 6.45) is 7.43. The minimum atomic E-state index is -0.244. The van der Waals surface area contributed by atoms with Crippen molar-refractivity contribution >= 4 is 45.1 Å². The number of unbranched alkanes of at least 4 members (excludes halogenated alkanes) is 4. The number of carbonyl (C=O) groups is 1. The maximum atomic E-state index is 12.1. The molecule has 0 aliphatic carbocycles. The zero-order chi connectivity index (χ0) is 15.1. The predicted octanol–water partition coefficient (Wildman–Crippen LogP) is 5.24. The summed E-state index contributed by atoms with van der Waals surface area (Å²) in [6, 6.07) is 7.73. The summed E-state index contributed by atoms with van der Waals surface area (Å²) in [6.45, 7) is 2.18. The van der Waals surface area contributed by atoms with E-state index >= 15 is 0 Å². The Kier molecular flexibility index (Phi) is 6.21. The molecular formula is C16H19ClN2OS. The Labute approximate surface area is 134 Å². The van der Waals surface area contributed by atoms with Crippen molar-refractivity contribution in [3.8, 4) is 0 Å². The average molecular weight is 323 g/mol. The van der Waals surface area contributed by atoms with Gasteiger partial charge in [-0.2, -0.15) is 5.10 Å². The highest BCUT2D eigenvalue weighted by Gasteiger charge is 2.16. The van der Waals surface area contributed by atoms with Crippen LogP contribution in [0, 0.1) is 0 Å². The lowest BCUT2D eigenvalue weighted by Crippen LogP contribution is -2.16. The quantitative estimate of drug-likeness (QED) is 0.422. The molecule has 0 fully saturated rings. The van der Waals surface area contributed by atoms with Crippen LogP contribution in [0.4, 0.5) is 0 Å². The first kappa shape index (κ1) is 16.0. The van der Waals surface area contributed by atoms with Gasteiger partial charge in [-0.05, 0) is 18.9 Å². The Hall–Kier alpha value is -1.39. The van der Waals surface area contributed by atoms with Gasteiger partial charge in [0, 0.05) is 16.3 Å². The molecule has 1 heterocycles. The van der Waals surface area contributed by atoms with Gasteiger partial charge in [-0.15, -0.1) is 11.3 Å². The van der Waals surface area contributed by atoms with Crippen molar-refractivity contribution < 1.29 is 4.79 Å². The van der Waals surface area contributed by atoms with Gasteiger partial charge in [-0.25, -0.2) is 5.43 Å². The number of rotatable bonds is 7. The fourth-order valence-corrected chi connectivity index (χ4v) is 3.45. The Bertz CT molecular complexity index is 636. The number of thiophene rings is 1. The topological polar surface area (TPSA) is 41.5 Å². The van der Waals surface area contributed by atoms with Gasteiger partial charge in [-0.1, -0.05) is 56.0 Å². The van der Waals surface area contributed by atoms with E-state index in [1.54, 1.807) is 6.21 Å². The number of hydrogen-bond donors (Lipinski definition) is 1. The number of hydrogen-bond acceptors (Lipinski definition) is 3. The molecule has 0 unspecified atom stereocenters. The smallest absolute Gasteiger partial charge is 0.266 e. The maximum Gasteiger partial charge on any atom is 0.282 e. The number of halogens is 1. The second-order valence-electron chi connectivity index (χ2n) is 4.84. The summed E-state index contributed by atoms with van der Waals surface area (Å²) in [5.74, 6) is -0.244. The third-order valence-electron chi connectivity index (χ3n) is 3.19. The fraction of sp³-hybridized carbons (Fsp3) is 0.375. The van der Waals surface area contributed by atoms with Crippen LogP contribution in [0.25, 0.3) is 10.1 Å². The summed E-state index contributed by atoms with van der Waals surface area (Å²) in [7, 11) is 0. The zero-order valence-electron chi connectivity index (χ0n) is 12.1. The summed E-state index contributed by atoms with van der Waals surface area (Å²) >= 11 is 7.64. The fourth-order valence-electron chi connectivity index (χ4n) is 2.04. The van der Waals surface area contributed by atoms with Crippen LogP contribution in [0.1, 0.15) is 48.7 Å². The molecule has 1 amide bonds. The van der Waals surface area contributed by atoms with Crippen molar-refractivity contribution in [2.75, 3.05) is 0 Å². The van der Waals surface area contributed by atoms with Crippen LogP contribution in [0.5, 0.6) is 0 Å². The highest BCUT2D eigenvalue weighted by molar-refractivity contribution is 7.21. The van der Waals surface area contributed by atoms with Gasteiger partial charge in [0.25, 0.3) is 5.91 Å². The van der Waals surface area contributed by atoms with Gasteiger partial charge in [0.05, 0.1) is 5.02 Å². The third kappa shape index (κ3) is 4.29. The Balaban J connectivity index is 1.90. The molecule has 3 nitrogen and oxygen atoms in total. The Morgan fingerprint density at radius 3 is 2.90 bits per heavy atom. The third-order valence-corrected chi connectivity index (χ3v) is 4.86. The van der Waals surface area contributed by atoms with Crippen molar-refractivity contribution in [1.82, 2.24) is 5.43 Å². The lowest BCUT2D eigenvalue weighted by molar-refractivity contribution is 0.0959. The molecule has 0 bridgehead atoms. The van der Waals surface area contributed by atoms with Gasteiger partial charge in [0.15, 0.2) is 0 Å². The van der Waals surface area contributed by atoms with Gasteiger partial charge < -0.3 is 0 Å². The van der Waals surface area contributed by atoms with Crippen LogP contribution in [0.3, 0.4) is 0 Å². The summed E-state index contributed by atoms with van der Waals surface area (Å²) in [5.41, 5.74) is 2.55. The highest BCUT2D eigenvalue weighted by Crippen LogP contribution is 2.34. The number of hydrazone groups is 1. The number of amides is 1. The highest BCUT2D eigenvalue weighted by atomic mass is 35.5. The van der Waals surface area contributed by atoms with Gasteiger partial charge in [-0.3, -0.25) is 4.79 Å². The number of benzene rings is 1. The van der Waals surface area contributed by atoms with Gasteiger partial charge in [0.2, 0.25) is 0 Å². The van der Waals surface area contributed by atoms with E-state index in [0.29, 0.717) is 9.90 Å². The van der Waals surface area contributed by atoms with Crippen LogP contribution >= 0.6 is 22.9 Å². The van der Waals surface area contributed by atoms with Crippen LogP contribution < -0.4 is 5.43 Å². The molecule has 0 aliphatic rings. The number of fused-ring (bicyclic) bond motifs is 1. The van der Waals surface area contributed by atoms with E-state index in [1.165, 1.54) is 30.6 Å². The van der Waals surface area contributed by atoms with E-state index in [1.807, 2.05) is 24.3 Å². The summed E-state index contributed by atoms with van der Waals surface area (Å²) in [4.78, 5) is 12.6. The molecule has 21 heavy (non-hydrogen) atoms. The second kappa shape index (κ2) is 8.15. The van der Waals surface area contributed by atoms with Crippen LogP contribution in [-0.2, 0) is 0 Å². The van der Waals surface area contributed by atoms with Crippen LogP contribution in [0.15, 0.2) is 29.4 Å². The van der Waals surface area contributed by atoms with Crippen molar-refractivity contribution in [3.63, 3.8) is 0 Å². The lowest BCUT2D eigenvalue weighted by atomic mass is 10.2. The maximum absolute atomic E-state index is 12.1. The molecule has 0 saturated heterocycles. The van der Waals surface area contributed by atoms with E-state index in [2.05, 4.69) is 17.5 Å². The molecule has 1 N–H and O–H groups in total. The van der Waals surface area contributed by atoms with E-state index in [0.717, 1.165) is 22.9 Å². The zero-order valence-corrected chi connectivity index (χ0v) is 13.6. The first-order valence-corrected chi connectivity index (χ1v) is 8.42. The largest absolute Gasteiger partial charge is 0.282 e. The molecule has 0 saturated carbocycles. The normalized spacial score (nSPS) is 11.3. The van der Waals surface area contributed by atoms with Crippen molar-refractivity contribution in [1.29, 1.82) is 0 Å². The number of nitrogens with one attached hydrogen (secondary N) is 1. The minimum Gasteiger partial charge on any atom is -0.266 e. The average Bonchev–Trinajstić information content (AvgIpc) is 2.84. The summed E-state index contributed by atoms with van der Waals surface area (Å²) in [5, 5.41) is 5.40. The number of carbonyl (C=O) groups excluding carboxylic acids is 1. The van der Waals surface area contributed by atoms with Gasteiger partial charge in [0.1, 0.15) is 4.88 Å². The minimum absolute atomic E-state index is 0.244. The van der Waals surface area contributed by atoms with E-state index in [4.69, 9.17) is 11.6 Å².